The molecule has 2 aliphatic rings. The fourth-order valence-corrected chi connectivity index (χ4v) is 6.01. The number of piperidine rings is 2. The van der Waals surface area contributed by atoms with E-state index in [-0.39, 0.29) is 21.7 Å². The third-order valence-electron chi connectivity index (χ3n) is 5.28. The highest BCUT2D eigenvalue weighted by Gasteiger charge is 2.35. The minimum Gasteiger partial charge on any atom is -0.342 e. The van der Waals surface area contributed by atoms with Gasteiger partial charge in [0.25, 0.3) is 0 Å². The number of carbonyl (C=O) groups is 1. The van der Waals surface area contributed by atoms with Gasteiger partial charge >= 0.3 is 0 Å². The van der Waals surface area contributed by atoms with Crippen molar-refractivity contribution in [2.24, 2.45) is 11.8 Å². The SMILES string of the molecule is CC1CCCN(C(=O)C2CCN(S(=O)(=O)c3cc(Cl)ccc3Cl)CC2)C1. The van der Waals surface area contributed by atoms with Gasteiger partial charge in [0.1, 0.15) is 4.90 Å². The number of sulfonamides is 1. The Balaban J connectivity index is 1.66. The van der Waals surface area contributed by atoms with Crippen molar-refractivity contribution >= 4 is 39.1 Å². The molecule has 0 spiro atoms. The van der Waals surface area contributed by atoms with Gasteiger partial charge in [-0.05, 0) is 49.8 Å². The molecule has 2 aliphatic heterocycles. The van der Waals surface area contributed by atoms with Crippen LogP contribution in [0.5, 0.6) is 0 Å². The van der Waals surface area contributed by atoms with Gasteiger partial charge < -0.3 is 4.90 Å². The average Bonchev–Trinajstić information content (AvgIpc) is 2.63. The number of nitrogens with zero attached hydrogens (tertiary/aromatic N) is 2. The van der Waals surface area contributed by atoms with Crippen LogP contribution in [-0.4, -0.2) is 49.7 Å². The fraction of sp³-hybridized carbons (Fsp3) is 0.611. The van der Waals surface area contributed by atoms with Crippen molar-refractivity contribution in [2.45, 2.75) is 37.5 Å². The first-order valence-electron chi connectivity index (χ1n) is 9.03. The summed E-state index contributed by atoms with van der Waals surface area (Å²) in [5.41, 5.74) is 0. The summed E-state index contributed by atoms with van der Waals surface area (Å²) >= 11 is 12.0. The van der Waals surface area contributed by atoms with Crippen LogP contribution in [0.1, 0.15) is 32.6 Å². The van der Waals surface area contributed by atoms with Crippen molar-refractivity contribution in [3.63, 3.8) is 0 Å². The second-order valence-corrected chi connectivity index (χ2v) is 10.0. The van der Waals surface area contributed by atoms with Crippen LogP contribution in [0.15, 0.2) is 23.1 Å². The van der Waals surface area contributed by atoms with Gasteiger partial charge in [-0.2, -0.15) is 4.31 Å². The lowest BCUT2D eigenvalue weighted by Crippen LogP contribution is -2.46. The highest BCUT2D eigenvalue weighted by atomic mass is 35.5. The van der Waals surface area contributed by atoms with Gasteiger partial charge in [0, 0.05) is 37.1 Å². The molecule has 1 amide bonds. The van der Waals surface area contributed by atoms with Crippen molar-refractivity contribution < 1.29 is 13.2 Å². The largest absolute Gasteiger partial charge is 0.342 e. The second-order valence-electron chi connectivity index (χ2n) is 7.28. The van der Waals surface area contributed by atoms with Gasteiger partial charge in [-0.25, -0.2) is 8.42 Å². The van der Waals surface area contributed by atoms with Crippen LogP contribution >= 0.6 is 23.2 Å². The smallest absolute Gasteiger partial charge is 0.244 e. The molecule has 1 aromatic carbocycles. The first-order chi connectivity index (χ1) is 12.3. The van der Waals surface area contributed by atoms with Gasteiger partial charge in [0.2, 0.25) is 15.9 Å². The molecule has 3 rings (SSSR count). The maximum Gasteiger partial charge on any atom is 0.244 e. The number of amides is 1. The van der Waals surface area contributed by atoms with Gasteiger partial charge in [-0.15, -0.1) is 0 Å². The number of benzene rings is 1. The van der Waals surface area contributed by atoms with Gasteiger partial charge in [0.15, 0.2) is 0 Å². The molecule has 0 aliphatic carbocycles. The van der Waals surface area contributed by atoms with Crippen molar-refractivity contribution in [3.8, 4) is 0 Å². The average molecular weight is 419 g/mol. The molecule has 2 saturated heterocycles. The zero-order valence-corrected chi connectivity index (χ0v) is 17.2. The van der Waals surface area contributed by atoms with E-state index >= 15 is 0 Å². The van der Waals surface area contributed by atoms with E-state index in [0.717, 1.165) is 19.5 Å². The summed E-state index contributed by atoms with van der Waals surface area (Å²) in [4.78, 5) is 14.7. The van der Waals surface area contributed by atoms with Crippen LogP contribution in [0.4, 0.5) is 0 Å². The number of hydrogen-bond donors (Lipinski definition) is 0. The highest BCUT2D eigenvalue weighted by molar-refractivity contribution is 7.89. The minimum absolute atomic E-state index is 0.0290. The summed E-state index contributed by atoms with van der Waals surface area (Å²) < 4.78 is 27.1. The third-order valence-corrected chi connectivity index (χ3v) is 7.90. The molecule has 26 heavy (non-hydrogen) atoms. The van der Waals surface area contributed by atoms with Crippen molar-refractivity contribution in [2.75, 3.05) is 26.2 Å². The van der Waals surface area contributed by atoms with Crippen LogP contribution in [0.3, 0.4) is 0 Å². The van der Waals surface area contributed by atoms with Gasteiger partial charge in [0.05, 0.1) is 5.02 Å². The zero-order valence-electron chi connectivity index (χ0n) is 14.8. The highest BCUT2D eigenvalue weighted by Crippen LogP contribution is 2.31. The quantitative estimate of drug-likeness (QED) is 0.752. The molecule has 2 fully saturated rings. The van der Waals surface area contributed by atoms with Crippen molar-refractivity contribution in [1.29, 1.82) is 0 Å². The summed E-state index contributed by atoms with van der Waals surface area (Å²) in [7, 11) is -3.71. The van der Waals surface area contributed by atoms with Crippen LogP contribution in [-0.2, 0) is 14.8 Å². The van der Waals surface area contributed by atoms with Crippen molar-refractivity contribution in [3.05, 3.63) is 28.2 Å². The molecule has 0 N–H and O–H groups in total. The zero-order chi connectivity index (χ0) is 18.9. The number of carbonyl (C=O) groups excluding carboxylic acids is 1. The lowest BCUT2D eigenvalue weighted by atomic mass is 9.93. The Morgan fingerprint density at radius 2 is 1.81 bits per heavy atom. The Morgan fingerprint density at radius 1 is 1.12 bits per heavy atom. The summed E-state index contributed by atoms with van der Waals surface area (Å²) in [6, 6.07) is 4.43. The molecule has 0 saturated carbocycles. The third kappa shape index (κ3) is 4.19. The maximum atomic E-state index is 12.9. The standard InChI is InChI=1S/C18H24Cl2N2O3S/c1-13-3-2-8-21(12-13)18(23)14-6-9-22(10-7-14)26(24,25)17-11-15(19)4-5-16(17)20/h4-5,11,13-14H,2-3,6-10,12H2,1H3. The molecule has 1 atom stereocenters. The Hall–Kier alpha value is -0.820. The lowest BCUT2D eigenvalue weighted by molar-refractivity contribution is -0.138. The Morgan fingerprint density at radius 3 is 2.46 bits per heavy atom. The monoisotopic (exact) mass is 418 g/mol. The molecule has 8 heteroatoms. The fourth-order valence-electron chi connectivity index (χ4n) is 3.80. The second kappa shape index (κ2) is 8.05. The number of rotatable bonds is 3. The van der Waals surface area contributed by atoms with Crippen LogP contribution in [0.2, 0.25) is 10.0 Å². The molecule has 5 nitrogen and oxygen atoms in total. The van der Waals surface area contributed by atoms with E-state index < -0.39 is 10.0 Å². The van der Waals surface area contributed by atoms with E-state index in [2.05, 4.69) is 6.92 Å². The van der Waals surface area contributed by atoms with Gasteiger partial charge in [-0.1, -0.05) is 30.1 Å². The molecule has 0 radical (unpaired) electrons. The maximum absolute atomic E-state index is 12.9. The summed E-state index contributed by atoms with van der Waals surface area (Å²) in [5, 5.41) is 0.493. The van der Waals surface area contributed by atoms with Crippen LogP contribution in [0.25, 0.3) is 0 Å². The predicted octanol–water partition coefficient (Wildman–Crippen LogP) is 3.65. The van der Waals surface area contributed by atoms with E-state index in [4.69, 9.17) is 23.2 Å². The number of halogens is 2. The van der Waals surface area contributed by atoms with E-state index in [1.807, 2.05) is 4.90 Å². The molecule has 144 valence electrons. The van der Waals surface area contributed by atoms with E-state index in [1.54, 1.807) is 6.07 Å². The lowest BCUT2D eigenvalue weighted by Gasteiger charge is -2.36. The summed E-state index contributed by atoms with van der Waals surface area (Å²) in [5.74, 6) is 0.620. The first-order valence-corrected chi connectivity index (χ1v) is 11.2. The van der Waals surface area contributed by atoms with Crippen LogP contribution in [0, 0.1) is 11.8 Å². The van der Waals surface area contributed by atoms with E-state index in [0.29, 0.717) is 36.9 Å². The summed E-state index contributed by atoms with van der Waals surface area (Å²) in [6.45, 7) is 4.45. The topological polar surface area (TPSA) is 57.7 Å². The Kier molecular flexibility index (Phi) is 6.17. The van der Waals surface area contributed by atoms with Crippen molar-refractivity contribution in [1.82, 2.24) is 9.21 Å². The molecule has 0 bridgehead atoms. The molecule has 1 unspecified atom stereocenters. The molecular formula is C18H24Cl2N2O3S. The molecule has 1 aromatic rings. The predicted molar refractivity (Wildman–Crippen MR) is 103 cm³/mol. The molecule has 2 heterocycles. The van der Waals surface area contributed by atoms with E-state index in [9.17, 15) is 13.2 Å². The Bertz CT molecular complexity index is 777. The molecular weight excluding hydrogens is 395 g/mol. The molecule has 0 aromatic heterocycles. The normalized spacial score (nSPS) is 23.2. The Labute approximate surface area is 165 Å². The van der Waals surface area contributed by atoms with Crippen LogP contribution < -0.4 is 0 Å². The van der Waals surface area contributed by atoms with Gasteiger partial charge in [-0.3, -0.25) is 4.79 Å². The number of hydrogen-bond acceptors (Lipinski definition) is 3. The summed E-state index contributed by atoms with van der Waals surface area (Å²) in [6.07, 6.45) is 3.30. The number of likely N-dealkylation sites (tertiary alicyclic amines) is 1. The first kappa shape index (κ1) is 19.9. The minimum atomic E-state index is -3.71. The van der Waals surface area contributed by atoms with E-state index in [1.165, 1.54) is 22.9 Å².